The summed E-state index contributed by atoms with van der Waals surface area (Å²) in [5.74, 6) is 0.490. The fraction of sp³-hybridized carbons (Fsp3) is 0.389. The van der Waals surface area contributed by atoms with Crippen molar-refractivity contribution in [2.45, 2.75) is 26.6 Å². The van der Waals surface area contributed by atoms with Gasteiger partial charge in [-0.05, 0) is 36.2 Å². The summed E-state index contributed by atoms with van der Waals surface area (Å²) in [6.07, 6.45) is 4.05. The highest BCUT2D eigenvalue weighted by atomic mass is 127. The molecule has 0 fully saturated rings. The lowest BCUT2D eigenvalue weighted by atomic mass is 10.1. The molecular formula is C18H26FIN4O. The van der Waals surface area contributed by atoms with Crippen molar-refractivity contribution >= 4 is 29.9 Å². The first-order valence-corrected chi connectivity index (χ1v) is 8.01. The quantitative estimate of drug-likeness (QED) is 0.379. The van der Waals surface area contributed by atoms with Gasteiger partial charge in [-0.15, -0.1) is 24.0 Å². The largest absolute Gasteiger partial charge is 0.380 e. The van der Waals surface area contributed by atoms with Crippen LogP contribution >= 0.6 is 24.0 Å². The highest BCUT2D eigenvalue weighted by molar-refractivity contribution is 14.0. The number of hydrogen-bond acceptors (Lipinski definition) is 2. The molecule has 138 valence electrons. The van der Waals surface area contributed by atoms with Crippen molar-refractivity contribution in [1.29, 1.82) is 0 Å². The molecule has 7 heteroatoms. The van der Waals surface area contributed by atoms with Crippen LogP contribution in [0, 0.1) is 5.82 Å². The van der Waals surface area contributed by atoms with Gasteiger partial charge in [-0.1, -0.05) is 6.07 Å². The van der Waals surface area contributed by atoms with Crippen LogP contribution in [0.25, 0.3) is 0 Å². The number of rotatable bonds is 7. The second kappa shape index (κ2) is 11.1. The zero-order valence-electron chi connectivity index (χ0n) is 14.9. The van der Waals surface area contributed by atoms with E-state index in [0.29, 0.717) is 18.7 Å². The van der Waals surface area contributed by atoms with Crippen LogP contribution in [0.5, 0.6) is 0 Å². The third kappa shape index (κ3) is 7.03. The zero-order chi connectivity index (χ0) is 17.4. The molecule has 2 aromatic rings. The van der Waals surface area contributed by atoms with E-state index < -0.39 is 0 Å². The van der Waals surface area contributed by atoms with E-state index in [0.717, 1.165) is 23.6 Å². The number of ether oxygens (including phenoxy) is 1. The van der Waals surface area contributed by atoms with Crippen molar-refractivity contribution in [3.63, 3.8) is 0 Å². The first-order valence-electron chi connectivity index (χ1n) is 8.01. The summed E-state index contributed by atoms with van der Waals surface area (Å²) in [5, 5.41) is 6.49. The molecule has 0 bridgehead atoms. The van der Waals surface area contributed by atoms with Gasteiger partial charge in [0.2, 0.25) is 0 Å². The molecule has 0 atom stereocenters. The van der Waals surface area contributed by atoms with E-state index in [9.17, 15) is 4.39 Å². The molecule has 1 aromatic carbocycles. The van der Waals surface area contributed by atoms with Crippen LogP contribution < -0.4 is 10.6 Å². The van der Waals surface area contributed by atoms with Crippen LogP contribution in [-0.4, -0.2) is 24.2 Å². The number of hydrogen-bond donors (Lipinski definition) is 2. The first kappa shape index (κ1) is 21.4. The van der Waals surface area contributed by atoms with Crippen LogP contribution in [0.3, 0.4) is 0 Å². The molecule has 0 spiro atoms. The lowest BCUT2D eigenvalue weighted by molar-refractivity contribution is 0.181. The molecule has 0 radical (unpaired) electrons. The molecule has 25 heavy (non-hydrogen) atoms. The van der Waals surface area contributed by atoms with Gasteiger partial charge in [0.25, 0.3) is 0 Å². The Hall–Kier alpha value is -1.61. The minimum Gasteiger partial charge on any atom is -0.380 e. The van der Waals surface area contributed by atoms with E-state index in [1.165, 1.54) is 6.07 Å². The maximum atomic E-state index is 13.6. The van der Waals surface area contributed by atoms with Gasteiger partial charge in [0.15, 0.2) is 5.96 Å². The molecule has 0 aliphatic rings. The third-order valence-corrected chi connectivity index (χ3v) is 3.53. The zero-order valence-corrected chi connectivity index (χ0v) is 17.2. The number of aryl methyl sites for hydroxylation is 1. The Morgan fingerprint density at radius 2 is 2.04 bits per heavy atom. The maximum Gasteiger partial charge on any atom is 0.191 e. The molecule has 0 aliphatic heterocycles. The van der Waals surface area contributed by atoms with Crippen LogP contribution in [-0.2, 0) is 31.5 Å². The van der Waals surface area contributed by atoms with Gasteiger partial charge < -0.3 is 19.9 Å². The van der Waals surface area contributed by atoms with E-state index in [4.69, 9.17) is 4.74 Å². The van der Waals surface area contributed by atoms with Crippen molar-refractivity contribution in [3.8, 4) is 0 Å². The summed E-state index contributed by atoms with van der Waals surface area (Å²) < 4.78 is 20.7. The molecule has 0 amide bonds. The van der Waals surface area contributed by atoms with Crippen LogP contribution in [0.1, 0.15) is 23.6 Å². The Bertz CT molecular complexity index is 687. The fourth-order valence-corrected chi connectivity index (χ4v) is 2.36. The molecule has 2 N–H and O–H groups in total. The smallest absolute Gasteiger partial charge is 0.191 e. The van der Waals surface area contributed by atoms with Gasteiger partial charge in [0.1, 0.15) is 5.82 Å². The highest BCUT2D eigenvalue weighted by Gasteiger charge is 2.05. The highest BCUT2D eigenvalue weighted by Crippen LogP contribution is 2.11. The molecule has 0 unspecified atom stereocenters. The van der Waals surface area contributed by atoms with Gasteiger partial charge in [0, 0.05) is 45.2 Å². The Morgan fingerprint density at radius 1 is 1.24 bits per heavy atom. The van der Waals surface area contributed by atoms with Crippen molar-refractivity contribution < 1.29 is 9.13 Å². The molecule has 2 rings (SSSR count). The monoisotopic (exact) mass is 460 g/mol. The third-order valence-electron chi connectivity index (χ3n) is 3.53. The van der Waals surface area contributed by atoms with E-state index in [-0.39, 0.29) is 36.4 Å². The van der Waals surface area contributed by atoms with Crippen LogP contribution in [0.2, 0.25) is 0 Å². The minimum absolute atomic E-state index is 0. The summed E-state index contributed by atoms with van der Waals surface area (Å²) in [7, 11) is 3.55. The van der Waals surface area contributed by atoms with Crippen LogP contribution in [0.4, 0.5) is 4.39 Å². The lowest BCUT2D eigenvalue weighted by Gasteiger charge is -2.12. The number of methoxy groups -OCH3 is 1. The van der Waals surface area contributed by atoms with Crippen molar-refractivity contribution in [3.05, 3.63) is 59.2 Å². The van der Waals surface area contributed by atoms with E-state index in [2.05, 4.69) is 15.6 Å². The van der Waals surface area contributed by atoms with Crippen LogP contribution in [0.15, 0.2) is 41.7 Å². The van der Waals surface area contributed by atoms with Crippen molar-refractivity contribution in [1.82, 2.24) is 15.2 Å². The Balaban J connectivity index is 0.00000312. The normalized spacial score (nSPS) is 11.1. The number of halogens is 2. The summed E-state index contributed by atoms with van der Waals surface area (Å²) in [4.78, 5) is 4.57. The number of aliphatic imine (C=N–C) groups is 1. The molecule has 0 aliphatic carbocycles. The number of nitrogens with zero attached hydrogens (tertiary/aromatic N) is 2. The van der Waals surface area contributed by atoms with Gasteiger partial charge in [-0.25, -0.2) is 9.38 Å². The molecular weight excluding hydrogens is 434 g/mol. The molecule has 0 saturated carbocycles. The number of nitrogens with one attached hydrogen (secondary N) is 2. The average molecular weight is 460 g/mol. The predicted octanol–water partition coefficient (Wildman–Crippen LogP) is 3.18. The van der Waals surface area contributed by atoms with Gasteiger partial charge in [-0.3, -0.25) is 0 Å². The number of guanidine groups is 1. The minimum atomic E-state index is -0.245. The first-order chi connectivity index (χ1) is 11.6. The summed E-state index contributed by atoms with van der Waals surface area (Å²) >= 11 is 0. The standard InChI is InChI=1S/C18H25FN4O.HI/c1-4-20-18(22-11-15-7-8-23(2)12-15)21-10-14-5-6-17(19)16(9-14)13-24-3;/h5-9,12H,4,10-11,13H2,1-3H3,(H2,20,21,22);1H. The number of aromatic nitrogens is 1. The molecule has 1 heterocycles. The second-order valence-corrected chi connectivity index (χ2v) is 5.59. The van der Waals surface area contributed by atoms with Gasteiger partial charge in [-0.2, -0.15) is 0 Å². The average Bonchev–Trinajstić information content (AvgIpc) is 2.98. The summed E-state index contributed by atoms with van der Waals surface area (Å²) in [5.41, 5.74) is 2.69. The Morgan fingerprint density at radius 3 is 2.68 bits per heavy atom. The lowest BCUT2D eigenvalue weighted by Crippen LogP contribution is -2.36. The molecule has 1 aromatic heterocycles. The van der Waals surface area contributed by atoms with E-state index >= 15 is 0 Å². The Labute approximate surface area is 165 Å². The SMILES string of the molecule is CCNC(=NCc1ccn(C)c1)NCc1ccc(F)c(COC)c1.I. The predicted molar refractivity (Wildman–Crippen MR) is 110 cm³/mol. The van der Waals surface area contributed by atoms with Crippen molar-refractivity contribution in [2.75, 3.05) is 13.7 Å². The van der Waals surface area contributed by atoms with E-state index in [1.807, 2.05) is 43.1 Å². The van der Waals surface area contributed by atoms with Gasteiger partial charge in [0.05, 0.1) is 13.2 Å². The van der Waals surface area contributed by atoms with Gasteiger partial charge >= 0.3 is 0 Å². The van der Waals surface area contributed by atoms with E-state index in [1.54, 1.807) is 13.2 Å². The number of benzene rings is 1. The fourth-order valence-electron chi connectivity index (χ4n) is 2.36. The topological polar surface area (TPSA) is 50.6 Å². The summed E-state index contributed by atoms with van der Waals surface area (Å²) in [6, 6.07) is 7.10. The second-order valence-electron chi connectivity index (χ2n) is 5.59. The van der Waals surface area contributed by atoms with Crippen molar-refractivity contribution in [2.24, 2.45) is 12.0 Å². The molecule has 0 saturated heterocycles. The maximum absolute atomic E-state index is 13.6. The Kier molecular flexibility index (Phi) is 9.51. The molecule has 5 nitrogen and oxygen atoms in total. The summed E-state index contributed by atoms with van der Waals surface area (Å²) in [6.45, 7) is 4.24.